The summed E-state index contributed by atoms with van der Waals surface area (Å²) < 4.78 is 26.8. The summed E-state index contributed by atoms with van der Waals surface area (Å²) in [5, 5.41) is 18.0. The van der Waals surface area contributed by atoms with Crippen molar-refractivity contribution in [3.63, 3.8) is 0 Å². The van der Waals surface area contributed by atoms with E-state index in [0.717, 1.165) is 11.1 Å². The molecular formula is C20H27N3O6. The first-order valence-corrected chi connectivity index (χ1v) is 8.85. The van der Waals surface area contributed by atoms with Crippen LogP contribution in [-0.2, 0) is 6.54 Å². The van der Waals surface area contributed by atoms with Crippen molar-refractivity contribution in [2.24, 2.45) is 10.3 Å². The van der Waals surface area contributed by atoms with Crippen LogP contribution in [0.2, 0.25) is 0 Å². The molecule has 2 aromatic carbocycles. The zero-order valence-electron chi connectivity index (χ0n) is 17.5. The van der Waals surface area contributed by atoms with Gasteiger partial charge in [-0.25, -0.2) is 0 Å². The summed E-state index contributed by atoms with van der Waals surface area (Å²) in [5.41, 5.74) is 4.53. The fourth-order valence-corrected chi connectivity index (χ4v) is 2.83. The minimum Gasteiger partial charge on any atom is -0.504 e. The van der Waals surface area contributed by atoms with Gasteiger partial charge in [-0.2, -0.15) is 5.11 Å². The summed E-state index contributed by atoms with van der Waals surface area (Å²) in [5.74, 6) is 2.38. The van der Waals surface area contributed by atoms with E-state index in [-0.39, 0.29) is 11.8 Å². The standard InChI is InChI=1S/C20H27N3O6/c1-12(22-23-21-11-13-7-8-16(25-2)15(24)9-13)14-10-17(26-3)19(28-5)20(29-6)18(14)27-4/h7-10,12,24H,11H2,1-6H3,(H,21,22). The molecule has 0 saturated heterocycles. The molecule has 0 aliphatic heterocycles. The van der Waals surface area contributed by atoms with E-state index < -0.39 is 0 Å². The van der Waals surface area contributed by atoms with Crippen molar-refractivity contribution < 1.29 is 28.8 Å². The quantitative estimate of drug-likeness (QED) is 0.459. The first kappa shape index (κ1) is 21.9. The van der Waals surface area contributed by atoms with E-state index in [0.29, 0.717) is 35.3 Å². The van der Waals surface area contributed by atoms with Crippen molar-refractivity contribution >= 4 is 0 Å². The van der Waals surface area contributed by atoms with Gasteiger partial charge in [0, 0.05) is 5.56 Å². The summed E-state index contributed by atoms with van der Waals surface area (Å²) >= 11 is 0. The molecule has 0 aliphatic carbocycles. The molecule has 1 unspecified atom stereocenters. The van der Waals surface area contributed by atoms with Gasteiger partial charge in [0.05, 0.1) is 48.1 Å². The fraction of sp³-hybridized carbons (Fsp3) is 0.400. The molecule has 0 bridgehead atoms. The Kier molecular flexibility index (Phi) is 7.76. The van der Waals surface area contributed by atoms with E-state index in [1.165, 1.54) is 21.3 Å². The SMILES string of the molecule is COc1ccc(C/N=N\NC(C)c2cc(OC)c(OC)c(OC)c2OC)cc1O. The summed E-state index contributed by atoms with van der Waals surface area (Å²) in [7, 11) is 7.67. The zero-order chi connectivity index (χ0) is 21.4. The Morgan fingerprint density at radius 2 is 1.52 bits per heavy atom. The van der Waals surface area contributed by atoms with Gasteiger partial charge < -0.3 is 28.8 Å². The van der Waals surface area contributed by atoms with Gasteiger partial charge >= 0.3 is 0 Å². The maximum Gasteiger partial charge on any atom is 0.207 e. The number of ether oxygens (including phenoxy) is 5. The fourth-order valence-electron chi connectivity index (χ4n) is 2.83. The number of rotatable bonds is 10. The van der Waals surface area contributed by atoms with E-state index in [1.54, 1.807) is 32.4 Å². The van der Waals surface area contributed by atoms with Crippen molar-refractivity contribution in [2.45, 2.75) is 19.5 Å². The number of hydrogen-bond donors (Lipinski definition) is 2. The summed E-state index contributed by atoms with van der Waals surface area (Å²) in [6.07, 6.45) is 0. The van der Waals surface area contributed by atoms with Gasteiger partial charge in [-0.05, 0) is 30.7 Å². The van der Waals surface area contributed by atoms with Crippen LogP contribution in [0.1, 0.15) is 24.1 Å². The number of nitrogens with one attached hydrogen (secondary N) is 1. The number of hydrogen-bond acceptors (Lipinski definition) is 8. The first-order chi connectivity index (χ1) is 14.0. The first-order valence-electron chi connectivity index (χ1n) is 8.85. The molecule has 158 valence electrons. The van der Waals surface area contributed by atoms with Gasteiger partial charge in [0.25, 0.3) is 0 Å². The molecule has 9 nitrogen and oxygen atoms in total. The van der Waals surface area contributed by atoms with E-state index >= 15 is 0 Å². The Morgan fingerprint density at radius 3 is 2.07 bits per heavy atom. The molecule has 29 heavy (non-hydrogen) atoms. The maximum absolute atomic E-state index is 9.82. The molecule has 0 radical (unpaired) electrons. The van der Waals surface area contributed by atoms with Crippen LogP contribution >= 0.6 is 0 Å². The van der Waals surface area contributed by atoms with Crippen LogP contribution in [0.4, 0.5) is 0 Å². The van der Waals surface area contributed by atoms with Crippen molar-refractivity contribution in [2.75, 3.05) is 35.5 Å². The number of methoxy groups -OCH3 is 5. The third kappa shape index (κ3) is 4.92. The molecule has 2 rings (SSSR count). The lowest BCUT2D eigenvalue weighted by molar-refractivity contribution is 0.301. The van der Waals surface area contributed by atoms with E-state index in [1.807, 2.05) is 13.0 Å². The highest BCUT2D eigenvalue weighted by atomic mass is 16.5. The Hall–Kier alpha value is -3.36. The molecule has 0 heterocycles. The Bertz CT molecular complexity index is 857. The van der Waals surface area contributed by atoms with Gasteiger partial charge in [0.15, 0.2) is 23.0 Å². The third-order valence-corrected chi connectivity index (χ3v) is 4.30. The molecule has 1 atom stereocenters. The zero-order valence-corrected chi connectivity index (χ0v) is 17.5. The highest BCUT2D eigenvalue weighted by Crippen LogP contribution is 2.48. The second kappa shape index (κ2) is 10.3. The van der Waals surface area contributed by atoms with Crippen LogP contribution < -0.4 is 29.1 Å². The van der Waals surface area contributed by atoms with Crippen LogP contribution in [0.5, 0.6) is 34.5 Å². The number of aromatic hydroxyl groups is 1. The second-order valence-electron chi connectivity index (χ2n) is 6.02. The molecular weight excluding hydrogens is 378 g/mol. The van der Waals surface area contributed by atoms with Gasteiger partial charge in [0.2, 0.25) is 11.5 Å². The van der Waals surface area contributed by atoms with Gasteiger partial charge in [-0.3, -0.25) is 5.43 Å². The average Bonchev–Trinajstić information content (AvgIpc) is 2.74. The molecule has 0 spiro atoms. The van der Waals surface area contributed by atoms with E-state index in [2.05, 4.69) is 15.8 Å². The minimum atomic E-state index is -0.258. The van der Waals surface area contributed by atoms with Crippen LogP contribution in [0, 0.1) is 0 Å². The summed E-state index contributed by atoms with van der Waals surface area (Å²) in [6.45, 7) is 2.20. The molecule has 0 saturated carbocycles. The van der Waals surface area contributed by atoms with Crippen LogP contribution in [0.15, 0.2) is 34.6 Å². The van der Waals surface area contributed by atoms with Crippen LogP contribution in [-0.4, -0.2) is 40.7 Å². The Morgan fingerprint density at radius 1 is 0.862 bits per heavy atom. The van der Waals surface area contributed by atoms with Gasteiger partial charge in [0.1, 0.15) is 0 Å². The number of phenols is 1. The smallest absolute Gasteiger partial charge is 0.207 e. The van der Waals surface area contributed by atoms with Crippen molar-refractivity contribution in [1.82, 2.24) is 5.43 Å². The lowest BCUT2D eigenvalue weighted by Gasteiger charge is -2.21. The van der Waals surface area contributed by atoms with Crippen molar-refractivity contribution in [3.05, 3.63) is 35.4 Å². The molecule has 0 aliphatic rings. The molecule has 0 fully saturated rings. The van der Waals surface area contributed by atoms with E-state index in [4.69, 9.17) is 23.7 Å². The largest absolute Gasteiger partial charge is 0.504 e. The summed E-state index contributed by atoms with van der Waals surface area (Å²) in [4.78, 5) is 0. The topological polar surface area (TPSA) is 103 Å². The third-order valence-electron chi connectivity index (χ3n) is 4.30. The van der Waals surface area contributed by atoms with Crippen LogP contribution in [0.25, 0.3) is 0 Å². The number of nitrogens with zero attached hydrogens (tertiary/aromatic N) is 2. The van der Waals surface area contributed by atoms with E-state index in [9.17, 15) is 5.11 Å². The molecule has 0 aromatic heterocycles. The molecule has 2 N–H and O–H groups in total. The lowest BCUT2D eigenvalue weighted by Crippen LogP contribution is -2.13. The van der Waals surface area contributed by atoms with Crippen LogP contribution in [0.3, 0.4) is 0 Å². The molecule has 9 heteroatoms. The summed E-state index contributed by atoms with van der Waals surface area (Å²) in [6, 6.07) is 6.62. The van der Waals surface area contributed by atoms with Crippen molar-refractivity contribution in [1.29, 1.82) is 0 Å². The highest BCUT2D eigenvalue weighted by molar-refractivity contribution is 5.63. The van der Waals surface area contributed by atoms with Crippen molar-refractivity contribution in [3.8, 4) is 34.5 Å². The maximum atomic E-state index is 9.82. The monoisotopic (exact) mass is 405 g/mol. The predicted molar refractivity (Wildman–Crippen MR) is 107 cm³/mol. The highest BCUT2D eigenvalue weighted by Gasteiger charge is 2.24. The Balaban J connectivity index is 2.16. The second-order valence-corrected chi connectivity index (χ2v) is 6.02. The normalized spacial score (nSPS) is 11.8. The number of phenolic OH excluding ortho intramolecular Hbond substituents is 1. The molecule has 2 aromatic rings. The number of benzene rings is 2. The average molecular weight is 405 g/mol. The Labute approximate surface area is 170 Å². The lowest BCUT2D eigenvalue weighted by atomic mass is 10.1. The van der Waals surface area contributed by atoms with Gasteiger partial charge in [-0.15, -0.1) is 0 Å². The predicted octanol–water partition coefficient (Wildman–Crippen LogP) is 3.65. The minimum absolute atomic E-state index is 0.0590. The van der Waals surface area contributed by atoms with Gasteiger partial charge in [-0.1, -0.05) is 11.3 Å². The molecule has 0 amide bonds.